The predicted octanol–water partition coefficient (Wildman–Crippen LogP) is 4.02. The van der Waals surface area contributed by atoms with Crippen LogP contribution in [0.25, 0.3) is 21.6 Å². The molecular weight excluding hydrogens is 446 g/mol. The minimum atomic E-state index is -0.381. The molecule has 3 aromatic heterocycles. The second kappa shape index (κ2) is 9.09. The van der Waals surface area contributed by atoms with Crippen molar-refractivity contribution in [2.75, 3.05) is 5.32 Å². The smallest absolute Gasteiger partial charge is 0.259 e. The van der Waals surface area contributed by atoms with Gasteiger partial charge in [-0.15, -0.1) is 23.1 Å². The molecule has 8 nitrogen and oxygen atoms in total. The summed E-state index contributed by atoms with van der Waals surface area (Å²) in [5.41, 5.74) is 1.97. The van der Waals surface area contributed by atoms with Crippen LogP contribution >= 0.6 is 23.1 Å². The van der Waals surface area contributed by atoms with Crippen LogP contribution in [-0.4, -0.2) is 36.2 Å². The maximum absolute atomic E-state index is 12.5. The molecule has 164 valence electrons. The van der Waals surface area contributed by atoms with Gasteiger partial charge >= 0.3 is 0 Å². The number of phenols is 1. The average molecular weight is 468 g/mol. The number of carbonyl (C=O) groups is 1. The Balaban J connectivity index is 1.38. The minimum Gasteiger partial charge on any atom is -0.508 e. The summed E-state index contributed by atoms with van der Waals surface area (Å²) in [6.07, 6.45) is 3.05. The van der Waals surface area contributed by atoms with E-state index in [2.05, 4.69) is 25.3 Å². The number of aromatic hydroxyl groups is 1. The highest BCUT2D eigenvalue weighted by atomic mass is 32.2. The number of carbonyl (C=O) groups excluding carboxylic acids is 1. The Morgan fingerprint density at radius 3 is 2.75 bits per heavy atom. The largest absolute Gasteiger partial charge is 0.508 e. The summed E-state index contributed by atoms with van der Waals surface area (Å²) in [6.45, 7) is 5.69. The van der Waals surface area contributed by atoms with E-state index < -0.39 is 0 Å². The van der Waals surface area contributed by atoms with Crippen LogP contribution in [0.3, 0.4) is 0 Å². The summed E-state index contributed by atoms with van der Waals surface area (Å²) in [7, 11) is 0. The highest BCUT2D eigenvalue weighted by molar-refractivity contribution is 7.99. The van der Waals surface area contributed by atoms with Crippen LogP contribution in [0.2, 0.25) is 0 Å². The molecular formula is C22H21N5O3S2. The third-order valence-corrected chi connectivity index (χ3v) is 7.21. The maximum Gasteiger partial charge on any atom is 0.259 e. The fraction of sp³-hybridized carbons (Fsp3) is 0.227. The number of fused-ring (bicyclic) bond motifs is 1. The number of aryl methyl sites for hydroxylation is 2. The van der Waals surface area contributed by atoms with Gasteiger partial charge in [-0.3, -0.25) is 9.59 Å². The van der Waals surface area contributed by atoms with E-state index >= 15 is 0 Å². The zero-order valence-corrected chi connectivity index (χ0v) is 19.3. The molecule has 0 fully saturated rings. The number of nitrogens with one attached hydrogen (secondary N) is 2. The fourth-order valence-electron chi connectivity index (χ4n) is 3.08. The van der Waals surface area contributed by atoms with Crippen molar-refractivity contribution in [2.45, 2.75) is 31.8 Å². The molecule has 0 aliphatic rings. The number of thioether (sulfide) groups is 1. The Hall–Kier alpha value is -3.24. The van der Waals surface area contributed by atoms with E-state index in [1.54, 1.807) is 31.2 Å². The summed E-state index contributed by atoms with van der Waals surface area (Å²) in [4.78, 5) is 42.6. The Kier molecular flexibility index (Phi) is 6.24. The summed E-state index contributed by atoms with van der Waals surface area (Å²) in [5.74, 6) is 1.34. The van der Waals surface area contributed by atoms with E-state index in [1.807, 2.05) is 13.8 Å². The van der Waals surface area contributed by atoms with Gasteiger partial charge in [-0.1, -0.05) is 12.1 Å². The van der Waals surface area contributed by atoms with Gasteiger partial charge < -0.3 is 15.4 Å². The second-order valence-electron chi connectivity index (χ2n) is 7.26. The first-order valence-electron chi connectivity index (χ1n) is 9.84. The molecule has 32 heavy (non-hydrogen) atoms. The van der Waals surface area contributed by atoms with Crippen LogP contribution in [0, 0.1) is 13.8 Å². The lowest BCUT2D eigenvalue weighted by atomic mass is 10.2. The van der Waals surface area contributed by atoms with Gasteiger partial charge in [0.25, 0.3) is 5.56 Å². The molecule has 1 atom stereocenters. The third kappa shape index (κ3) is 4.66. The standard InChI is InChI=1S/C22H21N5O3S2/c1-11-12(2)32-22-18(11)21(30)26-17(27-22)10-31-13(3)20(29)25-15-8-23-19(24-9-15)14-5-4-6-16(28)7-14/h4-9,13,28H,10H2,1-3H3,(H,25,29)(H,26,27,30). The van der Waals surface area contributed by atoms with E-state index in [0.717, 1.165) is 15.3 Å². The number of anilines is 1. The summed E-state index contributed by atoms with van der Waals surface area (Å²) >= 11 is 2.88. The first-order valence-corrected chi connectivity index (χ1v) is 11.7. The van der Waals surface area contributed by atoms with Gasteiger partial charge in [-0.25, -0.2) is 15.0 Å². The summed E-state index contributed by atoms with van der Waals surface area (Å²) in [5, 5.41) is 12.6. The highest BCUT2D eigenvalue weighted by Gasteiger charge is 2.17. The van der Waals surface area contributed by atoms with Gasteiger partial charge in [0.15, 0.2) is 5.82 Å². The average Bonchev–Trinajstić information content (AvgIpc) is 3.06. The molecule has 4 aromatic rings. The number of rotatable bonds is 6. The second-order valence-corrected chi connectivity index (χ2v) is 9.80. The summed E-state index contributed by atoms with van der Waals surface area (Å²) < 4.78 is 0. The number of H-pyrrole nitrogens is 1. The van der Waals surface area contributed by atoms with Crippen LogP contribution in [0.15, 0.2) is 41.5 Å². The molecule has 0 saturated heterocycles. The van der Waals surface area contributed by atoms with E-state index in [0.29, 0.717) is 34.0 Å². The molecule has 3 N–H and O–H groups in total. The molecule has 4 rings (SSSR count). The van der Waals surface area contributed by atoms with Crippen molar-refractivity contribution in [2.24, 2.45) is 0 Å². The van der Waals surface area contributed by atoms with Crippen LogP contribution in [0.4, 0.5) is 5.69 Å². The number of phenolic OH excluding ortho intramolecular Hbond substituents is 1. The van der Waals surface area contributed by atoms with Crippen molar-refractivity contribution in [1.29, 1.82) is 0 Å². The zero-order chi connectivity index (χ0) is 22.8. The first kappa shape index (κ1) is 22.0. The molecule has 10 heteroatoms. The number of nitrogens with zero attached hydrogens (tertiary/aromatic N) is 3. The monoisotopic (exact) mass is 467 g/mol. The zero-order valence-electron chi connectivity index (χ0n) is 17.7. The number of aromatic amines is 1. The Bertz CT molecular complexity index is 1350. The van der Waals surface area contributed by atoms with Crippen molar-refractivity contribution in [3.63, 3.8) is 0 Å². The van der Waals surface area contributed by atoms with Gasteiger partial charge in [0.1, 0.15) is 16.4 Å². The third-order valence-electron chi connectivity index (χ3n) is 4.95. The lowest BCUT2D eigenvalue weighted by Crippen LogP contribution is -2.23. The number of amides is 1. The molecule has 0 aliphatic heterocycles. The number of benzene rings is 1. The van der Waals surface area contributed by atoms with Crippen LogP contribution < -0.4 is 10.9 Å². The Morgan fingerprint density at radius 1 is 1.28 bits per heavy atom. The number of thiophene rings is 1. The molecule has 0 aliphatic carbocycles. The highest BCUT2D eigenvalue weighted by Crippen LogP contribution is 2.27. The van der Waals surface area contributed by atoms with Crippen LogP contribution in [0.1, 0.15) is 23.2 Å². The summed E-state index contributed by atoms with van der Waals surface area (Å²) in [6, 6.07) is 6.65. The molecule has 0 radical (unpaired) electrons. The first-order chi connectivity index (χ1) is 15.3. The number of aromatic nitrogens is 4. The van der Waals surface area contributed by atoms with Crippen molar-refractivity contribution in [3.8, 4) is 17.1 Å². The molecule has 0 saturated carbocycles. The molecule has 1 aromatic carbocycles. The van der Waals surface area contributed by atoms with Gasteiger partial charge in [-0.2, -0.15) is 0 Å². The van der Waals surface area contributed by atoms with Gasteiger partial charge in [0.2, 0.25) is 5.91 Å². The molecule has 0 spiro atoms. The quantitative estimate of drug-likeness (QED) is 0.391. The molecule has 3 heterocycles. The SMILES string of the molecule is Cc1sc2nc(CSC(C)C(=O)Nc3cnc(-c4cccc(O)c4)nc3)[nH]c(=O)c2c1C. The number of hydrogen-bond donors (Lipinski definition) is 3. The van der Waals surface area contributed by atoms with Crippen LogP contribution in [0.5, 0.6) is 5.75 Å². The number of hydrogen-bond acceptors (Lipinski definition) is 8. The minimum absolute atomic E-state index is 0.133. The lowest BCUT2D eigenvalue weighted by Gasteiger charge is -2.11. The predicted molar refractivity (Wildman–Crippen MR) is 128 cm³/mol. The molecule has 0 bridgehead atoms. The topological polar surface area (TPSA) is 121 Å². The Labute approximate surface area is 192 Å². The van der Waals surface area contributed by atoms with Crippen LogP contribution in [-0.2, 0) is 10.5 Å². The van der Waals surface area contributed by atoms with Gasteiger partial charge in [0.05, 0.1) is 34.5 Å². The van der Waals surface area contributed by atoms with E-state index in [4.69, 9.17) is 0 Å². The van der Waals surface area contributed by atoms with E-state index in [9.17, 15) is 14.7 Å². The van der Waals surface area contributed by atoms with Gasteiger partial charge in [0, 0.05) is 10.4 Å². The van der Waals surface area contributed by atoms with Crippen molar-refractivity contribution in [3.05, 3.63) is 63.3 Å². The fourth-order valence-corrected chi connectivity index (χ4v) is 4.88. The van der Waals surface area contributed by atoms with Crippen molar-refractivity contribution in [1.82, 2.24) is 19.9 Å². The Morgan fingerprint density at radius 2 is 2.03 bits per heavy atom. The van der Waals surface area contributed by atoms with E-state index in [-0.39, 0.29) is 22.5 Å². The van der Waals surface area contributed by atoms with Crippen molar-refractivity contribution < 1.29 is 9.90 Å². The van der Waals surface area contributed by atoms with E-state index in [1.165, 1.54) is 35.5 Å². The van der Waals surface area contributed by atoms with Crippen molar-refractivity contribution >= 4 is 44.9 Å². The van der Waals surface area contributed by atoms with Gasteiger partial charge in [-0.05, 0) is 38.5 Å². The lowest BCUT2D eigenvalue weighted by molar-refractivity contribution is -0.115. The molecule has 1 amide bonds. The normalized spacial score (nSPS) is 12.1. The molecule has 1 unspecified atom stereocenters. The maximum atomic E-state index is 12.5.